The molecule has 1 amide bonds. The lowest BCUT2D eigenvalue weighted by Crippen LogP contribution is -2.38. The van der Waals surface area contributed by atoms with Gasteiger partial charge in [-0.25, -0.2) is 4.98 Å². The summed E-state index contributed by atoms with van der Waals surface area (Å²) in [6.45, 7) is 8.69. The monoisotopic (exact) mass is 416 g/mol. The Morgan fingerprint density at radius 3 is 2.87 bits per heavy atom. The number of H-pyrrole nitrogens is 1. The summed E-state index contributed by atoms with van der Waals surface area (Å²) in [5, 5.41) is 19.9. The third-order valence-electron chi connectivity index (χ3n) is 5.25. The zero-order chi connectivity index (χ0) is 21.8. The van der Waals surface area contributed by atoms with Crippen molar-refractivity contribution < 1.29 is 9.90 Å². The first kappa shape index (κ1) is 20.5. The van der Waals surface area contributed by atoms with Crippen LogP contribution in [0.1, 0.15) is 29.4 Å². The third kappa shape index (κ3) is 4.70. The minimum atomic E-state index is -0.355. The number of carbonyl (C=O) groups is 1. The molecule has 4 rings (SSSR count). The molecule has 0 bridgehead atoms. The van der Waals surface area contributed by atoms with Crippen LogP contribution in [0, 0.1) is 0 Å². The Hall–Kier alpha value is -3.78. The molecule has 1 aliphatic heterocycles. The van der Waals surface area contributed by atoms with Crippen LogP contribution in [0.25, 0.3) is 16.5 Å². The maximum Gasteiger partial charge on any atom is 0.276 e. The highest BCUT2D eigenvalue weighted by atomic mass is 16.3. The zero-order valence-corrected chi connectivity index (χ0v) is 17.3. The largest absolute Gasteiger partial charge is 0.493 e. The van der Waals surface area contributed by atoms with Crippen LogP contribution in [0.5, 0.6) is 5.88 Å². The highest BCUT2D eigenvalue weighted by Gasteiger charge is 2.17. The van der Waals surface area contributed by atoms with E-state index in [2.05, 4.69) is 43.2 Å². The fraction of sp³-hybridized carbons (Fsp3) is 0.217. The molecule has 1 aliphatic rings. The number of hydrogen-bond acceptors (Lipinski definition) is 6. The summed E-state index contributed by atoms with van der Waals surface area (Å²) in [7, 11) is 0. The number of anilines is 1. The number of benzene rings is 1. The van der Waals surface area contributed by atoms with Gasteiger partial charge in [-0.05, 0) is 68.1 Å². The number of nitrogens with zero attached hydrogens (tertiary/aromatic N) is 4. The molecule has 3 N–H and O–H groups in total. The number of aromatic nitrogens is 3. The minimum absolute atomic E-state index is 0.107. The maximum absolute atomic E-state index is 12.7. The molecule has 2 aromatic heterocycles. The molecule has 0 spiro atoms. The van der Waals surface area contributed by atoms with Crippen molar-refractivity contribution in [2.75, 3.05) is 25.0 Å². The van der Waals surface area contributed by atoms with Gasteiger partial charge in [0.1, 0.15) is 0 Å². The molecule has 31 heavy (non-hydrogen) atoms. The molecular formula is C23H24N6O2. The van der Waals surface area contributed by atoms with E-state index in [1.807, 2.05) is 25.1 Å². The molecule has 0 saturated carbocycles. The van der Waals surface area contributed by atoms with Gasteiger partial charge in [-0.3, -0.25) is 19.8 Å². The van der Waals surface area contributed by atoms with Gasteiger partial charge < -0.3 is 10.4 Å². The van der Waals surface area contributed by atoms with Gasteiger partial charge in [0.15, 0.2) is 5.69 Å². The number of hydrogen-bond donors (Lipinski definition) is 3. The topological polar surface area (TPSA) is 106 Å². The predicted octanol–water partition coefficient (Wildman–Crippen LogP) is 3.61. The molecule has 0 radical (unpaired) electrons. The van der Waals surface area contributed by atoms with Crippen molar-refractivity contribution >= 4 is 34.8 Å². The number of rotatable bonds is 7. The van der Waals surface area contributed by atoms with Crippen molar-refractivity contribution in [2.24, 2.45) is 4.99 Å². The van der Waals surface area contributed by atoms with Gasteiger partial charge in [0.05, 0.1) is 17.4 Å². The molecule has 8 nitrogen and oxygen atoms in total. The van der Waals surface area contributed by atoms with Crippen molar-refractivity contribution in [3.05, 3.63) is 65.6 Å². The Morgan fingerprint density at radius 1 is 1.35 bits per heavy atom. The van der Waals surface area contributed by atoms with Crippen molar-refractivity contribution in [3.63, 3.8) is 0 Å². The summed E-state index contributed by atoms with van der Waals surface area (Å²) in [6.07, 6.45) is 6.53. The average Bonchev–Trinajstić information content (AvgIpc) is 3.15. The number of aromatic amines is 1. The van der Waals surface area contributed by atoms with Gasteiger partial charge in [0.2, 0.25) is 5.88 Å². The van der Waals surface area contributed by atoms with Crippen LogP contribution in [0.3, 0.4) is 0 Å². The molecule has 3 heterocycles. The number of nitrogens with one attached hydrogen (secondary N) is 2. The number of carbonyl (C=O) groups excluding carboxylic acids is 1. The number of amides is 1. The zero-order valence-electron chi connectivity index (χ0n) is 17.3. The van der Waals surface area contributed by atoms with E-state index in [4.69, 9.17) is 0 Å². The Morgan fingerprint density at radius 2 is 2.19 bits per heavy atom. The summed E-state index contributed by atoms with van der Waals surface area (Å²) in [6, 6.07) is 8.86. The van der Waals surface area contributed by atoms with E-state index in [1.54, 1.807) is 12.3 Å². The maximum atomic E-state index is 12.7. The summed E-state index contributed by atoms with van der Waals surface area (Å²) in [5.74, 6) is -0.462. The second-order valence-electron chi connectivity index (χ2n) is 7.54. The van der Waals surface area contributed by atoms with E-state index in [1.165, 1.54) is 18.7 Å². The van der Waals surface area contributed by atoms with Crippen LogP contribution in [0.15, 0.2) is 59.4 Å². The summed E-state index contributed by atoms with van der Waals surface area (Å²) >= 11 is 0. The Bertz CT molecular complexity index is 1170. The Labute approximate surface area is 180 Å². The van der Waals surface area contributed by atoms with Crippen LogP contribution in [-0.4, -0.2) is 57.4 Å². The van der Waals surface area contributed by atoms with Gasteiger partial charge in [0, 0.05) is 24.2 Å². The van der Waals surface area contributed by atoms with Crippen LogP contribution in [0.2, 0.25) is 0 Å². The van der Waals surface area contributed by atoms with E-state index in [0.717, 1.165) is 47.2 Å². The van der Waals surface area contributed by atoms with E-state index < -0.39 is 0 Å². The predicted molar refractivity (Wildman–Crippen MR) is 122 cm³/mol. The standard InChI is InChI=1S/C23H24N6O2/c1-15(10-16(12-24-2)14-29-8-3-9-29)17-4-6-20-19(11-17)22(28-27-20)23(31)26-18-5-7-21(30)25-13-18/h4-7,10-13H,2-3,8-9,14H2,1H3,(H,25,30)(H,26,31)(H,27,28)/b15-10+,16-12+. The summed E-state index contributed by atoms with van der Waals surface area (Å²) in [5.41, 5.74) is 4.69. The van der Waals surface area contributed by atoms with Gasteiger partial charge in [-0.2, -0.15) is 5.10 Å². The molecule has 0 unspecified atom stereocenters. The first-order valence-electron chi connectivity index (χ1n) is 10.0. The van der Waals surface area contributed by atoms with Gasteiger partial charge in [-0.1, -0.05) is 12.1 Å². The highest BCUT2D eigenvalue weighted by Crippen LogP contribution is 2.24. The van der Waals surface area contributed by atoms with Crippen molar-refractivity contribution in [1.29, 1.82) is 0 Å². The van der Waals surface area contributed by atoms with Crippen molar-refractivity contribution in [1.82, 2.24) is 20.1 Å². The molecule has 1 saturated heterocycles. The van der Waals surface area contributed by atoms with Gasteiger partial charge >= 0.3 is 0 Å². The third-order valence-corrected chi connectivity index (χ3v) is 5.25. The molecule has 8 heteroatoms. The number of fused-ring (bicyclic) bond motifs is 1. The molecular weight excluding hydrogens is 392 g/mol. The minimum Gasteiger partial charge on any atom is -0.493 e. The lowest BCUT2D eigenvalue weighted by Gasteiger charge is -2.30. The van der Waals surface area contributed by atoms with Crippen LogP contribution in [0.4, 0.5) is 5.69 Å². The fourth-order valence-corrected chi connectivity index (χ4v) is 3.48. The van der Waals surface area contributed by atoms with Gasteiger partial charge in [-0.15, -0.1) is 0 Å². The van der Waals surface area contributed by atoms with Crippen LogP contribution < -0.4 is 5.32 Å². The van der Waals surface area contributed by atoms with Crippen molar-refractivity contribution in [3.8, 4) is 5.88 Å². The molecule has 0 aliphatic carbocycles. The molecule has 1 fully saturated rings. The molecule has 0 atom stereocenters. The summed E-state index contributed by atoms with van der Waals surface area (Å²) < 4.78 is 0. The number of likely N-dealkylation sites (tertiary alicyclic amines) is 1. The normalized spacial score (nSPS) is 15.0. The van der Waals surface area contributed by atoms with E-state index in [-0.39, 0.29) is 11.8 Å². The first-order valence-corrected chi connectivity index (χ1v) is 10.0. The van der Waals surface area contributed by atoms with Gasteiger partial charge in [0.25, 0.3) is 5.91 Å². The molecule has 3 aromatic rings. The Kier molecular flexibility index (Phi) is 5.90. The van der Waals surface area contributed by atoms with Crippen LogP contribution >= 0.6 is 0 Å². The molecule has 158 valence electrons. The number of pyridine rings is 1. The smallest absolute Gasteiger partial charge is 0.276 e. The number of allylic oxidation sites excluding steroid dienone is 1. The fourth-order valence-electron chi connectivity index (χ4n) is 3.48. The quantitative estimate of drug-likeness (QED) is 0.403. The number of aliphatic imine (C=N–C) groups is 1. The second kappa shape index (κ2) is 8.93. The first-order chi connectivity index (χ1) is 15.0. The lowest BCUT2D eigenvalue weighted by atomic mass is 10.0. The van der Waals surface area contributed by atoms with Crippen LogP contribution in [-0.2, 0) is 0 Å². The van der Waals surface area contributed by atoms with E-state index in [0.29, 0.717) is 11.4 Å². The molecule has 1 aromatic carbocycles. The Balaban J connectivity index is 1.59. The second-order valence-corrected chi connectivity index (χ2v) is 7.54. The van der Waals surface area contributed by atoms with E-state index >= 15 is 0 Å². The highest BCUT2D eigenvalue weighted by molar-refractivity contribution is 6.11. The number of aromatic hydroxyl groups is 1. The SMILES string of the molecule is C=N/C=C(\C=C(/C)c1ccc2[nH]nc(C(=O)Nc3ccc(O)nc3)c2c1)CN1CCC1. The summed E-state index contributed by atoms with van der Waals surface area (Å²) in [4.78, 5) is 22.8. The average molecular weight is 416 g/mol. The van der Waals surface area contributed by atoms with E-state index in [9.17, 15) is 9.90 Å². The van der Waals surface area contributed by atoms with Crippen molar-refractivity contribution in [2.45, 2.75) is 13.3 Å². The lowest BCUT2D eigenvalue weighted by molar-refractivity contribution is 0.102.